The first-order chi connectivity index (χ1) is 9.83. The molecule has 1 heterocycles. The molecule has 0 bridgehead atoms. The van der Waals surface area contributed by atoms with Crippen molar-refractivity contribution < 1.29 is 8.42 Å². The van der Waals surface area contributed by atoms with E-state index in [1.54, 1.807) is 26.0 Å². The molecular formula is C15H25N3O2S. The molecule has 1 aromatic carbocycles. The van der Waals surface area contributed by atoms with Gasteiger partial charge in [0.25, 0.3) is 0 Å². The van der Waals surface area contributed by atoms with Crippen molar-refractivity contribution >= 4 is 15.7 Å². The van der Waals surface area contributed by atoms with Gasteiger partial charge in [-0.25, -0.2) is 13.1 Å². The third-order valence-corrected chi connectivity index (χ3v) is 5.86. The Kier molecular flexibility index (Phi) is 4.91. The van der Waals surface area contributed by atoms with E-state index in [9.17, 15) is 8.42 Å². The van der Waals surface area contributed by atoms with E-state index in [0.717, 1.165) is 26.1 Å². The zero-order chi connectivity index (χ0) is 15.6. The van der Waals surface area contributed by atoms with E-state index in [1.807, 2.05) is 0 Å². The monoisotopic (exact) mass is 311 g/mol. The predicted octanol–water partition coefficient (Wildman–Crippen LogP) is 1.51. The molecule has 1 aromatic rings. The molecule has 1 saturated heterocycles. The highest BCUT2D eigenvalue weighted by molar-refractivity contribution is 7.89. The SMILES string of the molecule is CCN1CCC(CNS(=O)(=O)c2c(C)cc(N)cc2C)C1. The topological polar surface area (TPSA) is 75.4 Å². The minimum atomic E-state index is -3.47. The molecule has 0 amide bonds. The number of sulfonamides is 1. The molecule has 5 nitrogen and oxygen atoms in total. The summed E-state index contributed by atoms with van der Waals surface area (Å²) in [7, 11) is -3.47. The first kappa shape index (κ1) is 16.3. The molecule has 1 unspecified atom stereocenters. The maximum atomic E-state index is 12.5. The first-order valence-corrected chi connectivity index (χ1v) is 8.90. The zero-order valence-corrected chi connectivity index (χ0v) is 13.8. The Hall–Kier alpha value is -1.11. The fourth-order valence-electron chi connectivity index (χ4n) is 3.07. The Morgan fingerprint density at radius 3 is 2.48 bits per heavy atom. The molecule has 0 spiro atoms. The Morgan fingerprint density at radius 2 is 1.95 bits per heavy atom. The summed E-state index contributed by atoms with van der Waals surface area (Å²) in [5.41, 5.74) is 7.74. The summed E-state index contributed by atoms with van der Waals surface area (Å²) in [5.74, 6) is 0.397. The van der Waals surface area contributed by atoms with Crippen LogP contribution in [0, 0.1) is 19.8 Å². The average Bonchev–Trinajstić information content (AvgIpc) is 2.82. The van der Waals surface area contributed by atoms with Gasteiger partial charge in [0, 0.05) is 18.8 Å². The molecular weight excluding hydrogens is 286 g/mol. The van der Waals surface area contributed by atoms with Crippen LogP contribution in [0.5, 0.6) is 0 Å². The van der Waals surface area contributed by atoms with Crippen molar-refractivity contribution in [3.8, 4) is 0 Å². The number of benzene rings is 1. The molecule has 21 heavy (non-hydrogen) atoms. The van der Waals surface area contributed by atoms with Crippen LogP contribution in [0.25, 0.3) is 0 Å². The Labute approximate surface area is 127 Å². The highest BCUT2D eigenvalue weighted by Crippen LogP contribution is 2.23. The summed E-state index contributed by atoms with van der Waals surface area (Å²) in [6, 6.07) is 3.41. The van der Waals surface area contributed by atoms with Gasteiger partial charge >= 0.3 is 0 Å². The van der Waals surface area contributed by atoms with E-state index in [0.29, 0.717) is 34.2 Å². The summed E-state index contributed by atoms with van der Waals surface area (Å²) >= 11 is 0. The quantitative estimate of drug-likeness (QED) is 0.808. The first-order valence-electron chi connectivity index (χ1n) is 7.42. The van der Waals surface area contributed by atoms with E-state index in [1.165, 1.54) is 0 Å². The lowest BCUT2D eigenvalue weighted by molar-refractivity contribution is 0.342. The van der Waals surface area contributed by atoms with E-state index in [4.69, 9.17) is 5.73 Å². The molecule has 0 radical (unpaired) electrons. The maximum absolute atomic E-state index is 12.5. The van der Waals surface area contributed by atoms with Crippen LogP contribution in [-0.2, 0) is 10.0 Å². The lowest BCUT2D eigenvalue weighted by Crippen LogP contribution is -2.32. The molecule has 2 rings (SSSR count). The van der Waals surface area contributed by atoms with Crippen LogP contribution in [0.3, 0.4) is 0 Å². The number of nitrogens with two attached hydrogens (primary N) is 1. The van der Waals surface area contributed by atoms with Gasteiger partial charge in [-0.2, -0.15) is 0 Å². The van der Waals surface area contributed by atoms with E-state index in [-0.39, 0.29) is 0 Å². The normalized spacial score (nSPS) is 20.0. The van der Waals surface area contributed by atoms with Crippen molar-refractivity contribution in [1.82, 2.24) is 9.62 Å². The smallest absolute Gasteiger partial charge is 0.241 e. The number of aryl methyl sites for hydroxylation is 2. The van der Waals surface area contributed by atoms with Crippen LogP contribution >= 0.6 is 0 Å². The Morgan fingerprint density at radius 1 is 1.33 bits per heavy atom. The molecule has 0 aromatic heterocycles. The van der Waals surface area contributed by atoms with Crippen molar-refractivity contribution in [3.05, 3.63) is 23.3 Å². The number of likely N-dealkylation sites (tertiary alicyclic amines) is 1. The molecule has 1 aliphatic heterocycles. The van der Waals surface area contributed by atoms with Gasteiger partial charge in [-0.1, -0.05) is 6.92 Å². The van der Waals surface area contributed by atoms with Crippen LogP contribution < -0.4 is 10.5 Å². The second-order valence-electron chi connectivity index (χ2n) is 5.88. The molecule has 6 heteroatoms. The Balaban J connectivity index is 2.09. The largest absolute Gasteiger partial charge is 0.399 e. The second-order valence-corrected chi connectivity index (χ2v) is 7.59. The minimum Gasteiger partial charge on any atom is -0.399 e. The van der Waals surface area contributed by atoms with Gasteiger partial charge in [-0.15, -0.1) is 0 Å². The van der Waals surface area contributed by atoms with Crippen LogP contribution in [0.4, 0.5) is 5.69 Å². The third kappa shape index (κ3) is 3.75. The molecule has 1 atom stereocenters. The lowest BCUT2D eigenvalue weighted by atomic mass is 10.1. The highest BCUT2D eigenvalue weighted by atomic mass is 32.2. The van der Waals surface area contributed by atoms with Crippen LogP contribution in [0.2, 0.25) is 0 Å². The van der Waals surface area contributed by atoms with Crippen molar-refractivity contribution in [2.24, 2.45) is 5.92 Å². The van der Waals surface area contributed by atoms with Gasteiger partial charge in [-0.05, 0) is 62.5 Å². The van der Waals surface area contributed by atoms with Gasteiger partial charge < -0.3 is 10.6 Å². The number of anilines is 1. The van der Waals surface area contributed by atoms with Crippen LogP contribution in [-0.4, -0.2) is 39.5 Å². The molecule has 3 N–H and O–H groups in total. The van der Waals surface area contributed by atoms with Crippen LogP contribution in [0.1, 0.15) is 24.5 Å². The second kappa shape index (κ2) is 6.34. The predicted molar refractivity (Wildman–Crippen MR) is 85.7 cm³/mol. The zero-order valence-electron chi connectivity index (χ0n) is 13.0. The van der Waals surface area contributed by atoms with Gasteiger partial charge in [0.05, 0.1) is 4.90 Å². The summed E-state index contributed by atoms with van der Waals surface area (Å²) < 4.78 is 27.8. The number of nitrogens with one attached hydrogen (secondary N) is 1. The fourth-order valence-corrected chi connectivity index (χ4v) is 4.64. The van der Waals surface area contributed by atoms with Crippen molar-refractivity contribution in [3.63, 3.8) is 0 Å². The number of nitrogens with zero attached hydrogens (tertiary/aromatic N) is 1. The fraction of sp³-hybridized carbons (Fsp3) is 0.600. The number of hydrogen-bond donors (Lipinski definition) is 2. The Bertz CT molecular complexity index is 590. The molecule has 118 valence electrons. The van der Waals surface area contributed by atoms with Gasteiger partial charge in [0.1, 0.15) is 0 Å². The van der Waals surface area contributed by atoms with Crippen LogP contribution in [0.15, 0.2) is 17.0 Å². The average molecular weight is 311 g/mol. The number of nitrogen functional groups attached to an aromatic ring is 1. The molecule has 0 aliphatic carbocycles. The lowest BCUT2D eigenvalue weighted by Gasteiger charge is -2.16. The van der Waals surface area contributed by atoms with Crippen molar-refractivity contribution in [1.29, 1.82) is 0 Å². The number of hydrogen-bond acceptors (Lipinski definition) is 4. The molecule has 1 fully saturated rings. The van der Waals surface area contributed by atoms with Crippen molar-refractivity contribution in [2.75, 3.05) is 31.9 Å². The summed E-state index contributed by atoms with van der Waals surface area (Å²) in [6.07, 6.45) is 1.05. The van der Waals surface area contributed by atoms with Gasteiger partial charge in [0.15, 0.2) is 0 Å². The van der Waals surface area contributed by atoms with E-state index in [2.05, 4.69) is 16.5 Å². The standard InChI is InChI=1S/C15H25N3O2S/c1-4-18-6-5-13(10-18)9-17-21(19,20)15-11(2)7-14(16)8-12(15)3/h7-8,13,17H,4-6,9-10,16H2,1-3H3. The summed E-state index contributed by atoms with van der Waals surface area (Å²) in [4.78, 5) is 2.71. The van der Waals surface area contributed by atoms with E-state index < -0.39 is 10.0 Å². The van der Waals surface area contributed by atoms with Crippen molar-refractivity contribution in [2.45, 2.75) is 32.1 Å². The summed E-state index contributed by atoms with van der Waals surface area (Å²) in [6.45, 7) is 9.26. The number of rotatable bonds is 5. The van der Waals surface area contributed by atoms with Gasteiger partial charge in [-0.3, -0.25) is 0 Å². The summed E-state index contributed by atoms with van der Waals surface area (Å²) in [5, 5.41) is 0. The third-order valence-electron chi connectivity index (χ3n) is 4.13. The molecule has 1 aliphatic rings. The highest BCUT2D eigenvalue weighted by Gasteiger charge is 2.25. The minimum absolute atomic E-state index is 0.363. The van der Waals surface area contributed by atoms with E-state index >= 15 is 0 Å². The van der Waals surface area contributed by atoms with Gasteiger partial charge in [0.2, 0.25) is 10.0 Å². The molecule has 0 saturated carbocycles. The maximum Gasteiger partial charge on any atom is 0.241 e.